The van der Waals surface area contributed by atoms with Gasteiger partial charge in [0.25, 0.3) is 0 Å². The van der Waals surface area contributed by atoms with Crippen molar-refractivity contribution in [1.82, 2.24) is 15.1 Å². The summed E-state index contributed by atoms with van der Waals surface area (Å²) in [5.74, 6) is 2.51. The number of halogens is 1. The second kappa shape index (κ2) is 15.6. The second-order valence-electron chi connectivity index (χ2n) is 7.38. The molecule has 0 fully saturated rings. The fourth-order valence-corrected chi connectivity index (χ4v) is 2.82. The van der Waals surface area contributed by atoms with Gasteiger partial charge < -0.3 is 24.6 Å². The molecule has 1 rings (SSSR count). The topological polar surface area (TPSA) is 49.3 Å². The molecule has 0 atom stereocenters. The van der Waals surface area contributed by atoms with Crippen LogP contribution in [0.3, 0.4) is 0 Å². The number of methoxy groups -OCH3 is 2. The molecule has 0 saturated carbocycles. The number of ether oxygens (including phenoxy) is 2. The highest BCUT2D eigenvalue weighted by Crippen LogP contribution is 2.27. The Morgan fingerprint density at radius 1 is 1.07 bits per heavy atom. The van der Waals surface area contributed by atoms with Crippen molar-refractivity contribution in [2.45, 2.75) is 46.1 Å². The number of nitrogens with one attached hydrogen (secondary N) is 1. The molecule has 0 amide bonds. The first-order valence-electron chi connectivity index (χ1n) is 10.3. The highest BCUT2D eigenvalue weighted by molar-refractivity contribution is 14.0. The van der Waals surface area contributed by atoms with Crippen LogP contribution in [0.5, 0.6) is 11.5 Å². The summed E-state index contributed by atoms with van der Waals surface area (Å²) in [5, 5.41) is 3.40. The van der Waals surface area contributed by atoms with Crippen LogP contribution in [-0.2, 0) is 6.42 Å². The molecule has 1 aromatic rings. The summed E-state index contributed by atoms with van der Waals surface area (Å²) in [6, 6.07) is 6.69. The van der Waals surface area contributed by atoms with Crippen LogP contribution < -0.4 is 14.8 Å². The molecule has 0 saturated heterocycles. The number of benzene rings is 1. The van der Waals surface area contributed by atoms with Crippen LogP contribution in [0.4, 0.5) is 0 Å². The molecule has 0 radical (unpaired) electrons. The number of hydrogen-bond donors (Lipinski definition) is 1. The van der Waals surface area contributed by atoms with Gasteiger partial charge in [-0.25, -0.2) is 0 Å². The molecular formula is C22H41IN4O2. The van der Waals surface area contributed by atoms with Crippen molar-refractivity contribution in [1.29, 1.82) is 0 Å². The lowest BCUT2D eigenvalue weighted by Crippen LogP contribution is -2.40. The molecule has 6 nitrogen and oxygen atoms in total. The standard InChI is InChI=1S/C22H40N4O2.HI/c1-8-23-22(24-14-9-10-15-25(4)18(2)3)26(5)16-13-19-11-12-20(27-6)21(17-19)28-7;/h11-12,17-18H,8-10,13-16H2,1-7H3,(H,23,24);1H. The van der Waals surface area contributed by atoms with Gasteiger partial charge in [0.1, 0.15) is 0 Å². The van der Waals surface area contributed by atoms with Crippen LogP contribution in [0.25, 0.3) is 0 Å². The Bertz CT molecular complexity index is 596. The van der Waals surface area contributed by atoms with Crippen molar-refractivity contribution in [3.63, 3.8) is 0 Å². The molecule has 0 bridgehead atoms. The predicted octanol–water partition coefficient (Wildman–Crippen LogP) is 3.88. The van der Waals surface area contributed by atoms with E-state index in [2.05, 4.69) is 56.0 Å². The van der Waals surface area contributed by atoms with Crippen molar-refractivity contribution >= 4 is 29.9 Å². The summed E-state index contributed by atoms with van der Waals surface area (Å²) in [7, 11) is 7.60. The third-order valence-corrected chi connectivity index (χ3v) is 4.94. The number of guanidine groups is 1. The Morgan fingerprint density at radius 3 is 2.34 bits per heavy atom. The van der Waals surface area contributed by atoms with E-state index in [0.717, 1.165) is 56.5 Å². The molecule has 0 aliphatic heterocycles. The van der Waals surface area contributed by atoms with E-state index in [1.807, 2.05) is 12.1 Å². The molecule has 0 heterocycles. The van der Waals surface area contributed by atoms with Crippen molar-refractivity contribution in [3.05, 3.63) is 23.8 Å². The van der Waals surface area contributed by atoms with E-state index in [1.54, 1.807) is 14.2 Å². The van der Waals surface area contributed by atoms with Crippen LogP contribution in [0, 0.1) is 0 Å². The first-order valence-corrected chi connectivity index (χ1v) is 10.3. The summed E-state index contributed by atoms with van der Waals surface area (Å²) in [6.07, 6.45) is 3.20. The van der Waals surface area contributed by atoms with Gasteiger partial charge in [-0.2, -0.15) is 0 Å². The fourth-order valence-electron chi connectivity index (χ4n) is 2.82. The minimum Gasteiger partial charge on any atom is -0.493 e. The van der Waals surface area contributed by atoms with Crippen LogP contribution in [0.1, 0.15) is 39.2 Å². The largest absolute Gasteiger partial charge is 0.493 e. The van der Waals surface area contributed by atoms with Crippen molar-refractivity contribution in [3.8, 4) is 11.5 Å². The molecule has 168 valence electrons. The average molecular weight is 521 g/mol. The van der Waals surface area contributed by atoms with E-state index in [1.165, 1.54) is 12.0 Å². The lowest BCUT2D eigenvalue weighted by molar-refractivity contribution is 0.269. The molecule has 0 spiro atoms. The zero-order valence-corrected chi connectivity index (χ0v) is 21.7. The molecular weight excluding hydrogens is 479 g/mol. The molecule has 0 aromatic heterocycles. The SMILES string of the molecule is CCNC(=NCCCCN(C)C(C)C)N(C)CCc1ccc(OC)c(OC)c1.I. The quantitative estimate of drug-likeness (QED) is 0.196. The Kier molecular flexibility index (Phi) is 14.9. The average Bonchev–Trinajstić information content (AvgIpc) is 2.70. The third-order valence-electron chi connectivity index (χ3n) is 4.94. The highest BCUT2D eigenvalue weighted by atomic mass is 127. The van der Waals surface area contributed by atoms with Gasteiger partial charge in [0.15, 0.2) is 17.5 Å². The summed E-state index contributed by atoms with van der Waals surface area (Å²) in [6.45, 7) is 10.3. The van der Waals surface area contributed by atoms with E-state index in [0.29, 0.717) is 6.04 Å². The number of rotatable bonds is 12. The lowest BCUT2D eigenvalue weighted by atomic mass is 10.1. The van der Waals surface area contributed by atoms with Crippen molar-refractivity contribution in [2.75, 3.05) is 54.5 Å². The Hall–Kier alpha value is -1.22. The molecule has 0 aliphatic rings. The van der Waals surface area contributed by atoms with Gasteiger partial charge in [-0.05, 0) is 71.3 Å². The summed E-state index contributed by atoms with van der Waals surface area (Å²) in [4.78, 5) is 9.37. The normalized spacial score (nSPS) is 11.4. The van der Waals surface area contributed by atoms with Crippen LogP contribution >= 0.6 is 24.0 Å². The number of aliphatic imine (C=N–C) groups is 1. The van der Waals surface area contributed by atoms with Gasteiger partial charge in [-0.3, -0.25) is 4.99 Å². The molecule has 7 heteroatoms. The summed E-state index contributed by atoms with van der Waals surface area (Å²) in [5.41, 5.74) is 1.22. The van der Waals surface area contributed by atoms with E-state index in [4.69, 9.17) is 14.5 Å². The van der Waals surface area contributed by atoms with Gasteiger partial charge in [0, 0.05) is 32.7 Å². The van der Waals surface area contributed by atoms with Crippen LogP contribution in [0.15, 0.2) is 23.2 Å². The van der Waals surface area contributed by atoms with E-state index < -0.39 is 0 Å². The summed E-state index contributed by atoms with van der Waals surface area (Å²) >= 11 is 0. The monoisotopic (exact) mass is 520 g/mol. The zero-order chi connectivity index (χ0) is 20.9. The third kappa shape index (κ3) is 10.4. The fraction of sp³-hybridized carbons (Fsp3) is 0.682. The van der Waals surface area contributed by atoms with Gasteiger partial charge in [-0.15, -0.1) is 24.0 Å². The zero-order valence-electron chi connectivity index (χ0n) is 19.3. The molecule has 29 heavy (non-hydrogen) atoms. The number of hydrogen-bond acceptors (Lipinski definition) is 4. The Morgan fingerprint density at radius 2 is 1.76 bits per heavy atom. The van der Waals surface area contributed by atoms with Crippen molar-refractivity contribution < 1.29 is 9.47 Å². The summed E-state index contributed by atoms with van der Waals surface area (Å²) < 4.78 is 10.7. The van der Waals surface area contributed by atoms with E-state index in [-0.39, 0.29) is 24.0 Å². The van der Waals surface area contributed by atoms with Crippen LogP contribution in [0.2, 0.25) is 0 Å². The van der Waals surface area contributed by atoms with Crippen molar-refractivity contribution in [2.24, 2.45) is 4.99 Å². The number of likely N-dealkylation sites (N-methyl/N-ethyl adjacent to an activating group) is 1. The van der Waals surface area contributed by atoms with Crippen LogP contribution in [-0.4, -0.2) is 76.3 Å². The Labute approximate surface area is 195 Å². The second-order valence-corrected chi connectivity index (χ2v) is 7.38. The van der Waals surface area contributed by atoms with Gasteiger partial charge >= 0.3 is 0 Å². The smallest absolute Gasteiger partial charge is 0.193 e. The van der Waals surface area contributed by atoms with E-state index >= 15 is 0 Å². The number of nitrogens with zero attached hydrogens (tertiary/aromatic N) is 3. The minimum absolute atomic E-state index is 0. The maximum absolute atomic E-state index is 5.40. The minimum atomic E-state index is 0. The van der Waals surface area contributed by atoms with E-state index in [9.17, 15) is 0 Å². The predicted molar refractivity (Wildman–Crippen MR) is 134 cm³/mol. The maximum Gasteiger partial charge on any atom is 0.193 e. The molecule has 0 unspecified atom stereocenters. The molecule has 1 N–H and O–H groups in total. The van der Waals surface area contributed by atoms with Gasteiger partial charge in [0.2, 0.25) is 0 Å². The van der Waals surface area contributed by atoms with Gasteiger partial charge in [-0.1, -0.05) is 6.07 Å². The number of unbranched alkanes of at least 4 members (excludes halogenated alkanes) is 1. The molecule has 0 aliphatic carbocycles. The maximum atomic E-state index is 5.40. The highest BCUT2D eigenvalue weighted by Gasteiger charge is 2.08. The first-order chi connectivity index (χ1) is 13.4. The lowest BCUT2D eigenvalue weighted by Gasteiger charge is -2.23. The molecule has 1 aromatic carbocycles. The van der Waals surface area contributed by atoms with Gasteiger partial charge in [0.05, 0.1) is 14.2 Å². The Balaban J connectivity index is 0.00000784. The first kappa shape index (κ1) is 27.8.